The lowest BCUT2D eigenvalue weighted by Crippen LogP contribution is -2.36. The van der Waals surface area contributed by atoms with Gasteiger partial charge in [-0.05, 0) is 76.3 Å². The zero-order valence-electron chi connectivity index (χ0n) is 13.6. The Hall–Kier alpha value is -0.470. The van der Waals surface area contributed by atoms with E-state index in [1.807, 2.05) is 11.8 Å². The van der Waals surface area contributed by atoms with Crippen molar-refractivity contribution in [3.63, 3.8) is 0 Å². The fourth-order valence-corrected chi connectivity index (χ4v) is 4.52. The average Bonchev–Trinajstić information content (AvgIpc) is 2.38. The summed E-state index contributed by atoms with van der Waals surface area (Å²) in [7, 11) is 0. The smallest absolute Gasteiger partial charge is 0.0299 e. The minimum Gasteiger partial charge on any atom is -0.307 e. The molecule has 1 fully saturated rings. The highest BCUT2D eigenvalue weighted by Crippen LogP contribution is 2.29. The van der Waals surface area contributed by atoms with Crippen LogP contribution in [0.5, 0.6) is 0 Å². The second-order valence-corrected chi connectivity index (χ2v) is 7.55. The van der Waals surface area contributed by atoms with Crippen molar-refractivity contribution in [2.45, 2.75) is 70.7 Å². The molecule has 1 aliphatic carbocycles. The van der Waals surface area contributed by atoms with E-state index in [9.17, 15) is 0 Å². The summed E-state index contributed by atoms with van der Waals surface area (Å²) in [5, 5.41) is 4.77. The second-order valence-electron chi connectivity index (χ2n) is 6.41. The van der Waals surface area contributed by atoms with Gasteiger partial charge < -0.3 is 5.32 Å². The summed E-state index contributed by atoms with van der Waals surface area (Å²) in [4.78, 5) is 0. The van der Waals surface area contributed by atoms with Crippen molar-refractivity contribution >= 4 is 11.8 Å². The lowest BCUT2D eigenvalue weighted by atomic mass is 9.91. The van der Waals surface area contributed by atoms with E-state index < -0.39 is 0 Å². The zero-order valence-corrected chi connectivity index (χ0v) is 14.4. The van der Waals surface area contributed by atoms with Crippen molar-refractivity contribution in [3.8, 4) is 0 Å². The predicted octanol–water partition coefficient (Wildman–Crippen LogP) is 4.94. The van der Waals surface area contributed by atoms with Gasteiger partial charge in [-0.2, -0.15) is 11.8 Å². The Morgan fingerprint density at radius 2 is 1.60 bits per heavy atom. The van der Waals surface area contributed by atoms with Crippen LogP contribution < -0.4 is 5.32 Å². The maximum absolute atomic E-state index is 3.87. The van der Waals surface area contributed by atoms with Gasteiger partial charge in [0.15, 0.2) is 0 Å². The van der Waals surface area contributed by atoms with Crippen molar-refractivity contribution in [3.05, 3.63) is 34.4 Å². The second kappa shape index (κ2) is 7.00. The van der Waals surface area contributed by atoms with Crippen molar-refractivity contribution in [1.29, 1.82) is 0 Å². The van der Waals surface area contributed by atoms with Crippen LogP contribution >= 0.6 is 11.8 Å². The molecule has 0 aromatic heterocycles. The fraction of sp³-hybridized carbons (Fsp3) is 0.667. The SMILES string of the molecule is CSC1CCC(NC(C)c2c(C)cc(C)cc2C)CC1. The third-order valence-electron chi connectivity index (χ3n) is 4.66. The van der Waals surface area contributed by atoms with Gasteiger partial charge in [-0.15, -0.1) is 0 Å². The molecule has 1 nitrogen and oxygen atoms in total. The Kier molecular flexibility index (Phi) is 5.57. The molecular formula is C18H29NS. The van der Waals surface area contributed by atoms with E-state index in [2.05, 4.69) is 51.4 Å². The molecule has 2 rings (SSSR count). The molecule has 2 heteroatoms. The standard InChI is InChI=1S/C18H29NS/c1-12-10-13(2)18(14(3)11-12)15(4)19-16-6-8-17(20-5)9-7-16/h10-11,15-17,19H,6-9H2,1-5H3. The average molecular weight is 292 g/mol. The van der Waals surface area contributed by atoms with Crippen LogP contribution in [0.15, 0.2) is 12.1 Å². The maximum atomic E-state index is 3.87. The van der Waals surface area contributed by atoms with Gasteiger partial charge in [-0.25, -0.2) is 0 Å². The van der Waals surface area contributed by atoms with Crippen LogP contribution in [0, 0.1) is 20.8 Å². The minimum absolute atomic E-state index is 0.464. The van der Waals surface area contributed by atoms with E-state index >= 15 is 0 Å². The molecule has 0 amide bonds. The molecule has 0 saturated heterocycles. The van der Waals surface area contributed by atoms with Gasteiger partial charge in [0.2, 0.25) is 0 Å². The van der Waals surface area contributed by atoms with Crippen LogP contribution in [0.4, 0.5) is 0 Å². The molecule has 1 aromatic rings. The Bertz CT molecular complexity index is 424. The monoisotopic (exact) mass is 291 g/mol. The van der Waals surface area contributed by atoms with Crippen LogP contribution in [0.25, 0.3) is 0 Å². The van der Waals surface area contributed by atoms with E-state index in [1.54, 1.807) is 0 Å². The first-order chi connectivity index (χ1) is 9.51. The van der Waals surface area contributed by atoms with Gasteiger partial charge in [0.25, 0.3) is 0 Å². The van der Waals surface area contributed by atoms with Gasteiger partial charge in [0.1, 0.15) is 0 Å². The van der Waals surface area contributed by atoms with Crippen molar-refractivity contribution in [2.24, 2.45) is 0 Å². The molecule has 0 spiro atoms. The van der Waals surface area contributed by atoms with E-state index in [0.29, 0.717) is 12.1 Å². The van der Waals surface area contributed by atoms with E-state index in [0.717, 1.165) is 5.25 Å². The molecule has 1 saturated carbocycles. The Labute approximate surface area is 128 Å². The highest BCUT2D eigenvalue weighted by atomic mass is 32.2. The molecule has 1 aliphatic rings. The molecule has 1 aromatic carbocycles. The van der Waals surface area contributed by atoms with Gasteiger partial charge >= 0.3 is 0 Å². The van der Waals surface area contributed by atoms with Gasteiger partial charge in [-0.1, -0.05) is 17.7 Å². The normalized spacial score (nSPS) is 24.6. The summed E-state index contributed by atoms with van der Waals surface area (Å²) < 4.78 is 0. The van der Waals surface area contributed by atoms with Crippen LogP contribution in [0.3, 0.4) is 0 Å². The largest absolute Gasteiger partial charge is 0.307 e. The van der Waals surface area contributed by atoms with Crippen LogP contribution in [0.2, 0.25) is 0 Å². The lowest BCUT2D eigenvalue weighted by Gasteiger charge is -2.31. The third kappa shape index (κ3) is 3.79. The Morgan fingerprint density at radius 1 is 1.05 bits per heavy atom. The van der Waals surface area contributed by atoms with Crippen molar-refractivity contribution in [1.82, 2.24) is 5.32 Å². The topological polar surface area (TPSA) is 12.0 Å². The Balaban J connectivity index is 2.00. The number of nitrogens with one attached hydrogen (secondary N) is 1. The third-order valence-corrected chi connectivity index (χ3v) is 5.80. The molecule has 20 heavy (non-hydrogen) atoms. The summed E-state index contributed by atoms with van der Waals surface area (Å²) >= 11 is 2.04. The number of aryl methyl sites for hydroxylation is 3. The number of hydrogen-bond donors (Lipinski definition) is 1. The summed E-state index contributed by atoms with van der Waals surface area (Å²) in [5.41, 5.74) is 5.74. The van der Waals surface area contributed by atoms with Gasteiger partial charge in [0.05, 0.1) is 0 Å². The molecule has 0 aliphatic heterocycles. The first-order valence-electron chi connectivity index (χ1n) is 7.88. The highest BCUT2D eigenvalue weighted by Gasteiger charge is 2.22. The quantitative estimate of drug-likeness (QED) is 0.843. The van der Waals surface area contributed by atoms with Crippen molar-refractivity contribution < 1.29 is 0 Å². The Morgan fingerprint density at radius 3 is 2.10 bits per heavy atom. The predicted molar refractivity (Wildman–Crippen MR) is 91.8 cm³/mol. The van der Waals surface area contributed by atoms with Gasteiger partial charge in [0, 0.05) is 17.3 Å². The van der Waals surface area contributed by atoms with Crippen LogP contribution in [-0.4, -0.2) is 17.5 Å². The molecule has 1 N–H and O–H groups in total. The lowest BCUT2D eigenvalue weighted by molar-refractivity contribution is 0.351. The number of rotatable bonds is 4. The number of hydrogen-bond acceptors (Lipinski definition) is 2. The molecule has 1 atom stereocenters. The van der Waals surface area contributed by atoms with E-state index in [1.165, 1.54) is 47.9 Å². The van der Waals surface area contributed by atoms with Crippen molar-refractivity contribution in [2.75, 3.05) is 6.26 Å². The van der Waals surface area contributed by atoms with E-state index in [4.69, 9.17) is 0 Å². The van der Waals surface area contributed by atoms with Crippen LogP contribution in [-0.2, 0) is 0 Å². The number of thioether (sulfide) groups is 1. The molecule has 0 heterocycles. The maximum Gasteiger partial charge on any atom is 0.0299 e. The fourth-order valence-electron chi connectivity index (χ4n) is 3.78. The summed E-state index contributed by atoms with van der Waals surface area (Å²) in [6.45, 7) is 9.01. The molecule has 0 radical (unpaired) electrons. The number of benzene rings is 1. The van der Waals surface area contributed by atoms with E-state index in [-0.39, 0.29) is 0 Å². The van der Waals surface area contributed by atoms with Crippen LogP contribution in [0.1, 0.15) is 60.9 Å². The summed E-state index contributed by atoms with van der Waals surface area (Å²) in [6.07, 6.45) is 7.66. The molecule has 1 unspecified atom stereocenters. The minimum atomic E-state index is 0.464. The zero-order chi connectivity index (χ0) is 14.7. The molecule has 0 bridgehead atoms. The first kappa shape index (κ1) is 15.9. The highest BCUT2D eigenvalue weighted by molar-refractivity contribution is 7.99. The molecule has 112 valence electrons. The summed E-state index contributed by atoms with van der Waals surface area (Å²) in [6, 6.07) is 5.79. The molecular weight excluding hydrogens is 262 g/mol. The summed E-state index contributed by atoms with van der Waals surface area (Å²) in [5.74, 6) is 0. The first-order valence-corrected chi connectivity index (χ1v) is 9.16. The van der Waals surface area contributed by atoms with Gasteiger partial charge in [-0.3, -0.25) is 0 Å².